The van der Waals surface area contributed by atoms with Crippen molar-refractivity contribution in [3.63, 3.8) is 0 Å². The molecule has 0 atom stereocenters. The first-order chi connectivity index (χ1) is 8.08. The van der Waals surface area contributed by atoms with Crippen molar-refractivity contribution in [2.75, 3.05) is 11.1 Å². The lowest BCUT2D eigenvalue weighted by Gasteiger charge is -2.07. The topological polar surface area (TPSA) is 55.1 Å². The number of anilines is 2. The molecule has 1 aromatic carbocycles. The Morgan fingerprint density at radius 3 is 2.53 bits per heavy atom. The van der Waals surface area contributed by atoms with Crippen LogP contribution in [0.2, 0.25) is 0 Å². The van der Waals surface area contributed by atoms with Gasteiger partial charge in [0.05, 0.1) is 9.88 Å². The second-order valence-corrected chi connectivity index (χ2v) is 5.01. The highest BCUT2D eigenvalue weighted by Gasteiger charge is 2.13. The Labute approximate surface area is 104 Å². The van der Waals surface area contributed by atoms with Crippen LogP contribution in [0.4, 0.5) is 10.7 Å². The molecule has 88 valence electrons. The molecule has 1 aromatic heterocycles. The largest absolute Gasteiger partial charge is 0.391 e. The van der Waals surface area contributed by atoms with Gasteiger partial charge in [0.25, 0.3) is 5.91 Å². The van der Waals surface area contributed by atoms with Gasteiger partial charge in [0, 0.05) is 5.69 Å². The predicted molar refractivity (Wildman–Crippen MR) is 72.6 cm³/mol. The summed E-state index contributed by atoms with van der Waals surface area (Å²) in [5.41, 5.74) is 8.48. The number of thiophene rings is 1. The van der Waals surface area contributed by atoms with Crippen LogP contribution in [0.3, 0.4) is 0 Å². The number of nitrogens with two attached hydrogens (primary N) is 1. The standard InChI is InChI=1S/C13H14N2OS/c1-8-5-3-4-6-10(8)15-13(16)12-9(2)7-11(14)17-12/h3-7H,14H2,1-2H3,(H,15,16). The summed E-state index contributed by atoms with van der Waals surface area (Å²) in [6.45, 7) is 3.85. The van der Waals surface area contributed by atoms with E-state index in [9.17, 15) is 4.79 Å². The van der Waals surface area contributed by atoms with Gasteiger partial charge in [-0.05, 0) is 37.1 Å². The Morgan fingerprint density at radius 1 is 1.24 bits per heavy atom. The molecule has 0 aliphatic heterocycles. The molecule has 0 bridgehead atoms. The van der Waals surface area contributed by atoms with Crippen molar-refractivity contribution in [1.29, 1.82) is 0 Å². The van der Waals surface area contributed by atoms with Crippen molar-refractivity contribution in [3.8, 4) is 0 Å². The highest BCUT2D eigenvalue weighted by atomic mass is 32.1. The maximum Gasteiger partial charge on any atom is 0.266 e. The van der Waals surface area contributed by atoms with Gasteiger partial charge in [-0.2, -0.15) is 0 Å². The van der Waals surface area contributed by atoms with E-state index in [0.717, 1.165) is 16.8 Å². The van der Waals surface area contributed by atoms with E-state index in [1.54, 1.807) is 0 Å². The minimum atomic E-state index is -0.0986. The molecule has 3 N–H and O–H groups in total. The van der Waals surface area contributed by atoms with Crippen LogP contribution in [-0.2, 0) is 0 Å². The molecule has 0 radical (unpaired) electrons. The van der Waals surface area contributed by atoms with Gasteiger partial charge in [0.2, 0.25) is 0 Å². The number of carbonyl (C=O) groups excluding carboxylic acids is 1. The third-order valence-electron chi connectivity index (χ3n) is 2.54. The van der Waals surface area contributed by atoms with Gasteiger partial charge in [0.15, 0.2) is 0 Å². The average molecular weight is 246 g/mol. The van der Waals surface area contributed by atoms with Gasteiger partial charge in [-0.3, -0.25) is 4.79 Å². The first-order valence-corrected chi connectivity index (χ1v) is 6.12. The summed E-state index contributed by atoms with van der Waals surface area (Å²) in [5, 5.41) is 3.56. The third-order valence-corrected chi connectivity index (χ3v) is 3.60. The van der Waals surface area contributed by atoms with E-state index in [1.807, 2.05) is 44.2 Å². The second-order valence-electron chi connectivity index (χ2n) is 3.93. The fraction of sp³-hybridized carbons (Fsp3) is 0.154. The molecule has 0 spiro atoms. The smallest absolute Gasteiger partial charge is 0.266 e. The second kappa shape index (κ2) is 4.59. The first-order valence-electron chi connectivity index (χ1n) is 5.31. The van der Waals surface area contributed by atoms with Crippen molar-refractivity contribution < 1.29 is 4.79 Å². The molecule has 0 unspecified atom stereocenters. The van der Waals surface area contributed by atoms with Crippen LogP contribution in [0.25, 0.3) is 0 Å². The van der Waals surface area contributed by atoms with Crippen molar-refractivity contribution in [3.05, 3.63) is 46.3 Å². The molecule has 17 heavy (non-hydrogen) atoms. The maximum atomic E-state index is 12.0. The van der Waals surface area contributed by atoms with E-state index in [-0.39, 0.29) is 5.91 Å². The zero-order valence-corrected chi connectivity index (χ0v) is 10.6. The van der Waals surface area contributed by atoms with Gasteiger partial charge < -0.3 is 11.1 Å². The van der Waals surface area contributed by atoms with E-state index in [1.165, 1.54) is 11.3 Å². The fourth-order valence-electron chi connectivity index (χ4n) is 1.62. The minimum absolute atomic E-state index is 0.0986. The number of rotatable bonds is 2. The molecule has 0 fully saturated rings. The third kappa shape index (κ3) is 2.47. The minimum Gasteiger partial charge on any atom is -0.391 e. The van der Waals surface area contributed by atoms with Crippen LogP contribution >= 0.6 is 11.3 Å². The molecule has 0 saturated carbocycles. The number of amides is 1. The Hall–Kier alpha value is -1.81. The van der Waals surface area contributed by atoms with Crippen molar-refractivity contribution in [1.82, 2.24) is 0 Å². The fourth-order valence-corrected chi connectivity index (χ4v) is 2.46. The number of hydrogen-bond donors (Lipinski definition) is 2. The number of aryl methyl sites for hydroxylation is 2. The quantitative estimate of drug-likeness (QED) is 0.855. The van der Waals surface area contributed by atoms with Gasteiger partial charge in [-0.1, -0.05) is 18.2 Å². The summed E-state index contributed by atoms with van der Waals surface area (Å²) in [5.74, 6) is -0.0986. The summed E-state index contributed by atoms with van der Waals surface area (Å²) in [6, 6.07) is 9.51. The Morgan fingerprint density at radius 2 is 1.94 bits per heavy atom. The van der Waals surface area contributed by atoms with Crippen LogP contribution in [0, 0.1) is 13.8 Å². The predicted octanol–water partition coefficient (Wildman–Crippen LogP) is 3.20. The van der Waals surface area contributed by atoms with Gasteiger partial charge >= 0.3 is 0 Å². The van der Waals surface area contributed by atoms with Gasteiger partial charge in [-0.15, -0.1) is 11.3 Å². The summed E-state index contributed by atoms with van der Waals surface area (Å²) >= 11 is 1.31. The average Bonchev–Trinajstić information content (AvgIpc) is 2.61. The van der Waals surface area contributed by atoms with E-state index in [4.69, 9.17) is 5.73 Å². The van der Waals surface area contributed by atoms with Crippen molar-refractivity contribution >= 4 is 27.9 Å². The molecule has 2 rings (SSSR count). The van der Waals surface area contributed by atoms with Crippen LogP contribution < -0.4 is 11.1 Å². The first kappa shape index (κ1) is 11.7. The zero-order valence-electron chi connectivity index (χ0n) is 9.78. The maximum absolute atomic E-state index is 12.0. The Kier molecular flexibility index (Phi) is 3.15. The lowest BCUT2D eigenvalue weighted by molar-refractivity contribution is 0.103. The van der Waals surface area contributed by atoms with Crippen molar-refractivity contribution in [2.45, 2.75) is 13.8 Å². The van der Waals surface area contributed by atoms with Gasteiger partial charge in [0.1, 0.15) is 0 Å². The van der Waals surface area contributed by atoms with Crippen LogP contribution in [-0.4, -0.2) is 5.91 Å². The van der Waals surface area contributed by atoms with Gasteiger partial charge in [-0.25, -0.2) is 0 Å². The number of carbonyl (C=O) groups is 1. The van der Waals surface area contributed by atoms with E-state index in [0.29, 0.717) is 9.88 Å². The molecular weight excluding hydrogens is 232 g/mol. The van der Waals surface area contributed by atoms with E-state index < -0.39 is 0 Å². The molecule has 2 aromatic rings. The summed E-state index contributed by atoms with van der Waals surface area (Å²) in [4.78, 5) is 12.7. The van der Waals surface area contributed by atoms with E-state index in [2.05, 4.69) is 5.32 Å². The SMILES string of the molecule is Cc1ccccc1NC(=O)c1sc(N)cc1C. The highest BCUT2D eigenvalue weighted by Crippen LogP contribution is 2.25. The zero-order chi connectivity index (χ0) is 12.4. The van der Waals surface area contributed by atoms with E-state index >= 15 is 0 Å². The number of hydrogen-bond acceptors (Lipinski definition) is 3. The molecule has 3 nitrogen and oxygen atoms in total. The normalized spacial score (nSPS) is 10.2. The van der Waals surface area contributed by atoms with Crippen molar-refractivity contribution in [2.24, 2.45) is 0 Å². The monoisotopic (exact) mass is 246 g/mol. The molecule has 0 aliphatic carbocycles. The highest BCUT2D eigenvalue weighted by molar-refractivity contribution is 7.18. The molecule has 1 heterocycles. The Bertz CT molecular complexity index is 560. The van der Waals surface area contributed by atoms with Crippen LogP contribution in [0.1, 0.15) is 20.8 Å². The lowest BCUT2D eigenvalue weighted by Crippen LogP contribution is -2.12. The summed E-state index contributed by atoms with van der Waals surface area (Å²) in [6.07, 6.45) is 0. The number of nitrogens with one attached hydrogen (secondary N) is 1. The molecule has 0 aliphatic rings. The lowest BCUT2D eigenvalue weighted by atomic mass is 10.2. The Balaban J connectivity index is 2.23. The number of nitrogen functional groups attached to an aromatic ring is 1. The molecule has 0 saturated heterocycles. The summed E-state index contributed by atoms with van der Waals surface area (Å²) < 4.78 is 0. The molecule has 1 amide bonds. The molecular formula is C13H14N2OS. The summed E-state index contributed by atoms with van der Waals surface area (Å²) in [7, 11) is 0. The molecule has 4 heteroatoms. The number of para-hydroxylation sites is 1. The number of benzene rings is 1. The van der Waals surface area contributed by atoms with Crippen LogP contribution in [0.5, 0.6) is 0 Å². The van der Waals surface area contributed by atoms with Crippen LogP contribution in [0.15, 0.2) is 30.3 Å².